The van der Waals surface area contributed by atoms with Crippen LogP contribution in [0, 0.1) is 3.70 Å². The van der Waals surface area contributed by atoms with Crippen molar-refractivity contribution in [3.63, 3.8) is 0 Å². The van der Waals surface area contributed by atoms with Crippen LogP contribution in [-0.2, 0) is 53.9 Å². The van der Waals surface area contributed by atoms with E-state index in [4.69, 9.17) is 25.6 Å². The molecule has 49 heavy (non-hydrogen) atoms. The number of hydroxylamine groups is 2. The van der Waals surface area contributed by atoms with Crippen LogP contribution in [0.25, 0.3) is 11.1 Å². The van der Waals surface area contributed by atoms with Crippen molar-refractivity contribution in [2.75, 3.05) is 12.3 Å². The van der Waals surface area contributed by atoms with Gasteiger partial charge in [0, 0.05) is 11.8 Å². The van der Waals surface area contributed by atoms with E-state index in [9.17, 15) is 27.9 Å². The van der Waals surface area contributed by atoms with Gasteiger partial charge in [0.1, 0.15) is 27.3 Å². The van der Waals surface area contributed by atoms with Gasteiger partial charge in [0.2, 0.25) is 6.20 Å². The summed E-state index contributed by atoms with van der Waals surface area (Å²) in [5.41, 5.74) is 12.3. The summed E-state index contributed by atoms with van der Waals surface area (Å²) in [6, 6.07) is 4.35. The molecule has 2 aliphatic rings. The van der Waals surface area contributed by atoms with E-state index >= 15 is 0 Å². The minimum absolute atomic E-state index is 0.0675. The number of aliphatic carboxylic acids is 1. The van der Waals surface area contributed by atoms with Crippen LogP contribution in [0.2, 0.25) is 0 Å². The molecule has 264 valence electrons. The molecule has 4 heterocycles. The number of nitrogens with one attached hydrogen (secondary N) is 1. The highest BCUT2D eigenvalue weighted by Gasteiger charge is 2.58. The molecule has 5 rings (SSSR count). The molecule has 0 radical (unpaired) electrons. The number of hydrogen-bond acceptors (Lipinski definition) is 13. The van der Waals surface area contributed by atoms with E-state index in [0.29, 0.717) is 23.8 Å². The number of rotatable bonds is 13. The van der Waals surface area contributed by atoms with Crippen molar-refractivity contribution in [1.29, 1.82) is 0 Å². The molecule has 0 bridgehead atoms. The number of aromatic nitrogens is 3. The highest BCUT2D eigenvalue weighted by molar-refractivity contribution is 14.1. The number of β-lactam (4-membered cyclic amide) rings is 1. The summed E-state index contributed by atoms with van der Waals surface area (Å²) in [4.78, 5) is 47.8. The third-order valence-corrected chi connectivity index (χ3v) is 10.3. The van der Waals surface area contributed by atoms with Gasteiger partial charge in [0.05, 0.1) is 18.2 Å². The Balaban J connectivity index is 1.34. The molecule has 18 nitrogen and oxygen atoms in total. The third kappa shape index (κ3) is 7.65. The van der Waals surface area contributed by atoms with Crippen LogP contribution in [0.4, 0.5) is 5.13 Å². The highest BCUT2D eigenvalue weighted by atomic mass is 127. The number of thiazole rings is 1. The van der Waals surface area contributed by atoms with E-state index in [1.165, 1.54) is 19.2 Å². The maximum absolute atomic E-state index is 13.4. The second-order valence-electron chi connectivity index (χ2n) is 11.8. The molecule has 3 atom stereocenters. The third-order valence-electron chi connectivity index (χ3n) is 8.05. The number of nitrogens with zero attached hydrogens (tertiary/aromatic N) is 5. The fraction of sp³-hybridized carbons (Fsp3) is 0.429. The SMILES string of the molecule is Cn1c(I)c(-c2ccc3c(c2)CCC([C@H](O/N=C(\C(=O)NC2C(=O)N(OS(=O)(=O)O)C2(C)C)c2csc(N)n2)C(=O)O)O3)c[n+]1CCCN. The smallest absolute Gasteiger partial charge is 0.418 e. The largest absolute Gasteiger partial charge is 0.485 e. The van der Waals surface area contributed by atoms with Gasteiger partial charge in [-0.25, -0.2) is 9.78 Å². The van der Waals surface area contributed by atoms with E-state index in [1.807, 2.05) is 19.2 Å². The molecule has 2 unspecified atom stereocenters. The summed E-state index contributed by atoms with van der Waals surface area (Å²) in [7, 11) is -3.04. The van der Waals surface area contributed by atoms with Crippen LogP contribution in [0.3, 0.4) is 0 Å². The summed E-state index contributed by atoms with van der Waals surface area (Å²) in [5, 5.41) is 18.2. The van der Waals surface area contributed by atoms with Gasteiger partial charge in [-0.05, 0) is 79.1 Å². The van der Waals surface area contributed by atoms with Crippen LogP contribution >= 0.6 is 33.9 Å². The van der Waals surface area contributed by atoms with Crippen LogP contribution in [-0.4, -0.2) is 86.6 Å². The number of carbonyl (C=O) groups is 3. The van der Waals surface area contributed by atoms with Crippen molar-refractivity contribution in [2.45, 2.75) is 63.4 Å². The number of anilines is 1. The number of amides is 2. The number of carboxylic acids is 1. The Morgan fingerprint density at radius 2 is 2.10 bits per heavy atom. The number of nitrogens with two attached hydrogens (primary N) is 2. The topological polar surface area (TPSA) is 255 Å². The Hall–Kier alpha value is -3.90. The standard InChI is InChI=1S/C28H33IN8O10S2/c1-28(2)22(25(39)37(28)47-49(42,43)44)33-24(38)20(17-13-48-27(31)32-17)34-46-21(26(40)41)19-8-6-15-11-14(5-7-18(15)45-19)16-12-36(10-4-9-30)35(3)23(16)29/h5,7,11-13,19,21-22H,4,6,8-10,30H2,1-3H3,(H4-,31,32,33,38,40,41,42,43,44)/p+1/b34-20-/t19?,21-,22?/m0/s1. The number of benzene rings is 1. The zero-order valence-corrected chi connectivity index (χ0v) is 30.2. The number of halogens is 1. The van der Waals surface area contributed by atoms with E-state index in [-0.39, 0.29) is 17.2 Å². The number of nitrogen functional groups attached to an aromatic ring is 1. The maximum atomic E-state index is 13.4. The monoisotopic (exact) mass is 833 g/mol. The summed E-state index contributed by atoms with van der Waals surface area (Å²) >= 11 is 3.26. The molecule has 3 aromatic rings. The summed E-state index contributed by atoms with van der Waals surface area (Å²) in [6.07, 6.45) is 0.988. The second-order valence-corrected chi connectivity index (χ2v) is 14.7. The molecule has 2 amide bonds. The average molecular weight is 834 g/mol. The predicted octanol–water partition coefficient (Wildman–Crippen LogP) is 0.379. The van der Waals surface area contributed by atoms with E-state index < -0.39 is 57.7 Å². The molecule has 0 saturated carbocycles. The first-order chi connectivity index (χ1) is 23.0. The van der Waals surface area contributed by atoms with E-state index in [1.54, 1.807) is 6.07 Å². The molecular formula is C28H34IN8O10S2+. The fourth-order valence-electron chi connectivity index (χ4n) is 5.43. The Bertz CT molecular complexity index is 1930. The van der Waals surface area contributed by atoms with Crippen molar-refractivity contribution in [3.8, 4) is 16.9 Å². The zero-order valence-electron chi connectivity index (χ0n) is 26.4. The number of hydrogen-bond donors (Lipinski definition) is 5. The first-order valence-electron chi connectivity index (χ1n) is 14.8. The molecule has 1 aromatic carbocycles. The van der Waals surface area contributed by atoms with Crippen molar-refractivity contribution < 1.29 is 51.0 Å². The van der Waals surface area contributed by atoms with Gasteiger partial charge < -0.3 is 31.5 Å². The Labute approximate surface area is 298 Å². The van der Waals surface area contributed by atoms with Gasteiger partial charge >= 0.3 is 16.4 Å². The molecule has 21 heteroatoms. The lowest BCUT2D eigenvalue weighted by Crippen LogP contribution is -2.76. The first-order valence-corrected chi connectivity index (χ1v) is 18.1. The van der Waals surface area contributed by atoms with Gasteiger partial charge in [-0.3, -0.25) is 14.1 Å². The van der Waals surface area contributed by atoms with Crippen molar-refractivity contribution in [2.24, 2.45) is 17.9 Å². The predicted molar refractivity (Wildman–Crippen MR) is 181 cm³/mol. The average Bonchev–Trinajstić information content (AvgIpc) is 3.60. The molecule has 7 N–H and O–H groups in total. The molecule has 0 aliphatic carbocycles. The lowest BCUT2D eigenvalue weighted by molar-refractivity contribution is -0.774. The minimum atomic E-state index is -5.02. The zero-order chi connectivity index (χ0) is 35.8. The number of carbonyl (C=O) groups excluding carboxylic acids is 2. The van der Waals surface area contributed by atoms with Gasteiger partial charge in [-0.1, -0.05) is 11.2 Å². The van der Waals surface area contributed by atoms with Crippen molar-refractivity contribution in [3.05, 3.63) is 44.7 Å². The minimum Gasteiger partial charge on any atom is -0.485 e. The lowest BCUT2D eigenvalue weighted by Gasteiger charge is -2.50. The number of ether oxygens (including phenoxy) is 1. The maximum Gasteiger partial charge on any atom is 0.418 e. The van der Waals surface area contributed by atoms with Crippen molar-refractivity contribution >= 4 is 73.0 Å². The second kappa shape index (κ2) is 14.1. The van der Waals surface area contributed by atoms with Crippen LogP contribution in [0.15, 0.2) is 34.9 Å². The Kier molecular flexibility index (Phi) is 10.5. The quantitative estimate of drug-likeness (QED) is 0.0391. The number of fused-ring (bicyclic) bond motifs is 1. The summed E-state index contributed by atoms with van der Waals surface area (Å²) in [6.45, 7) is 4.11. The number of aryl methyl sites for hydroxylation is 2. The molecule has 2 aromatic heterocycles. The molecular weight excluding hydrogens is 799 g/mol. The number of carboxylic acid groups (broad SMARTS) is 1. The van der Waals surface area contributed by atoms with Crippen LogP contribution < -0.4 is 26.2 Å². The highest BCUT2D eigenvalue weighted by Crippen LogP contribution is 2.35. The van der Waals surface area contributed by atoms with Crippen molar-refractivity contribution in [1.82, 2.24) is 20.0 Å². The van der Waals surface area contributed by atoms with Gasteiger partial charge in [-0.2, -0.15) is 13.5 Å². The van der Waals surface area contributed by atoms with Crippen LogP contribution in [0.5, 0.6) is 5.75 Å². The Morgan fingerprint density at radius 3 is 2.71 bits per heavy atom. The van der Waals surface area contributed by atoms with Gasteiger partial charge in [-0.15, -0.1) is 25.0 Å². The first kappa shape index (κ1) is 36.4. The lowest BCUT2D eigenvalue weighted by atomic mass is 9.84. The number of oxime groups is 1. The Morgan fingerprint density at radius 1 is 1.37 bits per heavy atom. The van der Waals surface area contributed by atoms with Crippen LogP contribution in [0.1, 0.15) is 37.9 Å². The molecule has 0 spiro atoms. The van der Waals surface area contributed by atoms with Gasteiger partial charge in [0.25, 0.3) is 17.9 Å². The molecule has 1 fully saturated rings. The summed E-state index contributed by atoms with van der Waals surface area (Å²) < 4.78 is 46.9. The molecule has 1 saturated heterocycles. The summed E-state index contributed by atoms with van der Waals surface area (Å²) in [5.74, 6) is -2.91. The van der Waals surface area contributed by atoms with Gasteiger partial charge in [0.15, 0.2) is 17.4 Å². The molecule has 2 aliphatic heterocycles. The van der Waals surface area contributed by atoms with E-state index in [0.717, 1.165) is 44.7 Å². The fourth-order valence-corrected chi connectivity index (χ4v) is 7.16. The van der Waals surface area contributed by atoms with E-state index in [2.05, 4.69) is 57.9 Å². The normalized spacial score (nSPS) is 19.4.